The highest BCUT2D eigenvalue weighted by atomic mass is 35.5. The molecular weight excluding hydrogens is 432 g/mol. The molecule has 8 atom stereocenters. The molecule has 3 fully saturated rings. The van der Waals surface area contributed by atoms with Gasteiger partial charge in [0.1, 0.15) is 11.7 Å². The lowest BCUT2D eigenvalue weighted by Crippen LogP contribution is -2.60. The van der Waals surface area contributed by atoms with Crippen molar-refractivity contribution in [2.45, 2.75) is 89.7 Å². The first-order valence-corrected chi connectivity index (χ1v) is 12.3. The summed E-state index contributed by atoms with van der Waals surface area (Å²) in [5.41, 5.74) is -0.904. The van der Waals surface area contributed by atoms with Crippen molar-refractivity contribution in [3.8, 4) is 0 Å². The van der Waals surface area contributed by atoms with Gasteiger partial charge in [0, 0.05) is 25.7 Å². The number of halogens is 1. The summed E-state index contributed by atoms with van der Waals surface area (Å²) in [6, 6.07) is 0. The third-order valence-corrected chi connectivity index (χ3v) is 9.89. The van der Waals surface area contributed by atoms with E-state index in [9.17, 15) is 19.5 Å². The van der Waals surface area contributed by atoms with Gasteiger partial charge in [0.15, 0.2) is 6.61 Å². The van der Waals surface area contributed by atoms with Crippen LogP contribution in [-0.4, -0.2) is 46.5 Å². The first kappa shape index (κ1) is 23.7. The Balaban J connectivity index is 1.59. The molecule has 4 aliphatic rings. The van der Waals surface area contributed by atoms with Crippen LogP contribution >= 0.6 is 11.6 Å². The third kappa shape index (κ3) is 3.44. The number of fused-ring (bicyclic) bond motifs is 5. The summed E-state index contributed by atoms with van der Waals surface area (Å²) in [5.74, 6) is -0.345. The Morgan fingerprint density at radius 3 is 2.50 bits per heavy atom. The number of carbonyl (C=O) groups excluding carboxylic acids is 3. The zero-order chi connectivity index (χ0) is 23.5. The third-order valence-electron chi connectivity index (χ3n) is 9.40. The molecule has 178 valence electrons. The minimum Gasteiger partial charge on any atom is -0.462 e. The molecular formula is C25H35ClO6. The van der Waals surface area contributed by atoms with E-state index in [0.29, 0.717) is 24.7 Å². The summed E-state index contributed by atoms with van der Waals surface area (Å²) in [4.78, 5) is 35.7. The van der Waals surface area contributed by atoms with Gasteiger partial charge in [0.2, 0.25) is 5.78 Å². The highest BCUT2D eigenvalue weighted by Gasteiger charge is 2.69. The number of rotatable bonds is 4. The van der Waals surface area contributed by atoms with Crippen LogP contribution in [0.5, 0.6) is 0 Å². The van der Waals surface area contributed by atoms with Gasteiger partial charge >= 0.3 is 11.9 Å². The molecule has 0 heterocycles. The van der Waals surface area contributed by atoms with Crippen molar-refractivity contribution in [3.05, 3.63) is 11.6 Å². The monoisotopic (exact) mass is 466 g/mol. The average molecular weight is 467 g/mol. The Hall–Kier alpha value is -1.40. The van der Waals surface area contributed by atoms with Crippen molar-refractivity contribution in [2.24, 2.45) is 28.6 Å². The number of allylic oxidation sites excluding steroid dienone is 1. The lowest BCUT2D eigenvalue weighted by Gasteiger charge is -2.58. The quantitative estimate of drug-likeness (QED) is 0.383. The van der Waals surface area contributed by atoms with Crippen LogP contribution in [0.15, 0.2) is 11.6 Å². The largest absolute Gasteiger partial charge is 0.462 e. The van der Waals surface area contributed by atoms with E-state index in [1.807, 2.05) is 6.92 Å². The van der Waals surface area contributed by atoms with Gasteiger partial charge in [-0.2, -0.15) is 0 Å². The predicted octanol–water partition coefficient (Wildman–Crippen LogP) is 3.96. The first-order chi connectivity index (χ1) is 14.9. The van der Waals surface area contributed by atoms with Crippen LogP contribution in [0, 0.1) is 28.6 Å². The average Bonchev–Trinajstić information content (AvgIpc) is 2.93. The molecule has 0 bridgehead atoms. The van der Waals surface area contributed by atoms with Gasteiger partial charge in [-0.1, -0.05) is 25.5 Å². The predicted molar refractivity (Wildman–Crippen MR) is 119 cm³/mol. The van der Waals surface area contributed by atoms with Gasteiger partial charge in [-0.25, -0.2) is 0 Å². The van der Waals surface area contributed by atoms with E-state index in [0.717, 1.165) is 32.1 Å². The van der Waals surface area contributed by atoms with Crippen LogP contribution in [-0.2, 0) is 23.9 Å². The molecule has 32 heavy (non-hydrogen) atoms. The summed E-state index contributed by atoms with van der Waals surface area (Å²) in [5, 5.41) is 11.0. The van der Waals surface area contributed by atoms with Crippen molar-refractivity contribution < 1.29 is 29.0 Å². The molecule has 0 spiro atoms. The molecule has 1 N–H and O–H groups in total. The van der Waals surface area contributed by atoms with Crippen molar-refractivity contribution >= 4 is 29.3 Å². The molecule has 0 radical (unpaired) electrons. The summed E-state index contributed by atoms with van der Waals surface area (Å²) in [6.45, 7) is 6.62. The Labute approximate surface area is 195 Å². The molecule has 3 saturated carbocycles. The van der Waals surface area contributed by atoms with E-state index in [1.165, 1.54) is 19.4 Å². The maximum atomic E-state index is 13.1. The van der Waals surface area contributed by atoms with Crippen LogP contribution < -0.4 is 0 Å². The van der Waals surface area contributed by atoms with Crippen LogP contribution in [0.25, 0.3) is 0 Å². The summed E-state index contributed by atoms with van der Waals surface area (Å²) >= 11 is 6.69. The zero-order valence-electron chi connectivity index (χ0n) is 19.5. The maximum Gasteiger partial charge on any atom is 0.303 e. The Bertz CT molecular complexity index is 853. The topological polar surface area (TPSA) is 89.9 Å². The number of hydrogen-bond donors (Lipinski definition) is 1. The fourth-order valence-corrected chi connectivity index (χ4v) is 8.28. The number of ether oxygens (including phenoxy) is 2. The van der Waals surface area contributed by atoms with Crippen molar-refractivity contribution in [2.75, 3.05) is 6.61 Å². The summed E-state index contributed by atoms with van der Waals surface area (Å²) in [6.07, 6.45) is 8.01. The van der Waals surface area contributed by atoms with Gasteiger partial charge in [0.25, 0.3) is 0 Å². The highest BCUT2D eigenvalue weighted by molar-refractivity contribution is 6.24. The molecule has 0 saturated heterocycles. The molecule has 0 amide bonds. The summed E-state index contributed by atoms with van der Waals surface area (Å²) < 4.78 is 10.4. The molecule has 0 aromatic carbocycles. The van der Waals surface area contributed by atoms with Crippen LogP contribution in [0.4, 0.5) is 0 Å². The minimum absolute atomic E-state index is 0.0417. The fourth-order valence-electron chi connectivity index (χ4n) is 7.71. The second-order valence-corrected chi connectivity index (χ2v) is 11.4. The van der Waals surface area contributed by atoms with Gasteiger partial charge in [-0.15, -0.1) is 11.6 Å². The Kier molecular flexibility index (Phi) is 6.03. The zero-order valence-corrected chi connectivity index (χ0v) is 20.2. The standard InChI is InChI=1S/C25H35ClO6/c1-14(27)31-13-22(29)25(30)21(26)12-20-18-6-5-16-11-17(32-15(2)28)7-9-23(16,3)19(18)8-10-24(20,25)4/h5,17-21,30H,6-13H2,1-4H3/t17-,18+,19-,20-,21+,23-,24-,25+/m0/s1. The van der Waals surface area contributed by atoms with Crippen molar-refractivity contribution in [1.29, 1.82) is 0 Å². The second kappa shape index (κ2) is 8.12. The van der Waals surface area contributed by atoms with Gasteiger partial charge < -0.3 is 14.6 Å². The molecule has 0 unspecified atom stereocenters. The Morgan fingerprint density at radius 1 is 1.12 bits per heavy atom. The molecule has 7 heteroatoms. The number of ketones is 1. The number of alkyl halides is 1. The lowest BCUT2D eigenvalue weighted by molar-refractivity contribution is -0.168. The Morgan fingerprint density at radius 2 is 1.84 bits per heavy atom. The SMILES string of the molecule is CC(=O)OCC(=O)[C@]1(O)[C@H](Cl)C[C@H]2[C@@H]3CC=C4C[C@@H](OC(C)=O)CC[C@]4(C)[C@H]3CC[C@@]21C. The number of carbonyl (C=O) groups is 3. The van der Waals surface area contributed by atoms with E-state index in [4.69, 9.17) is 21.1 Å². The maximum absolute atomic E-state index is 13.1. The molecule has 6 nitrogen and oxygen atoms in total. The lowest BCUT2D eigenvalue weighted by atomic mass is 9.46. The molecule has 4 aliphatic carbocycles. The van der Waals surface area contributed by atoms with Crippen molar-refractivity contribution in [1.82, 2.24) is 0 Å². The number of Topliss-reactive ketones (excluding diaryl/α,β-unsaturated/α-hetero) is 1. The van der Waals surface area contributed by atoms with E-state index in [-0.39, 0.29) is 23.4 Å². The van der Waals surface area contributed by atoms with E-state index >= 15 is 0 Å². The van der Waals surface area contributed by atoms with Gasteiger partial charge in [-0.05, 0) is 61.7 Å². The minimum atomic E-state index is -1.70. The first-order valence-electron chi connectivity index (χ1n) is 11.8. The van der Waals surface area contributed by atoms with Gasteiger partial charge in [-0.3, -0.25) is 14.4 Å². The summed E-state index contributed by atoms with van der Waals surface area (Å²) in [7, 11) is 0. The number of esters is 2. The van der Waals surface area contributed by atoms with Crippen LogP contribution in [0.2, 0.25) is 0 Å². The molecule has 4 rings (SSSR count). The molecule has 0 aliphatic heterocycles. The molecule has 0 aromatic heterocycles. The number of aliphatic hydroxyl groups is 1. The fraction of sp³-hybridized carbons (Fsp3) is 0.800. The van der Waals surface area contributed by atoms with E-state index < -0.39 is 34.8 Å². The van der Waals surface area contributed by atoms with Gasteiger partial charge in [0.05, 0.1) is 5.38 Å². The highest BCUT2D eigenvalue weighted by Crippen LogP contribution is 2.68. The number of hydrogen-bond acceptors (Lipinski definition) is 6. The van der Waals surface area contributed by atoms with Crippen LogP contribution in [0.3, 0.4) is 0 Å². The molecule has 0 aromatic rings. The van der Waals surface area contributed by atoms with Crippen LogP contribution in [0.1, 0.15) is 72.6 Å². The second-order valence-electron chi connectivity index (χ2n) is 10.9. The normalized spacial score (nSPS) is 45.1. The van der Waals surface area contributed by atoms with Crippen molar-refractivity contribution in [3.63, 3.8) is 0 Å². The van der Waals surface area contributed by atoms with E-state index in [2.05, 4.69) is 13.0 Å². The smallest absolute Gasteiger partial charge is 0.303 e. The van der Waals surface area contributed by atoms with E-state index in [1.54, 1.807) is 0 Å².